The Kier molecular flexibility index (Phi) is 3.85. The molecule has 28 heavy (non-hydrogen) atoms. The third-order valence-electron chi connectivity index (χ3n) is 4.80. The van der Waals surface area contributed by atoms with Gasteiger partial charge in [-0.25, -0.2) is 4.79 Å². The van der Waals surface area contributed by atoms with Crippen LogP contribution >= 0.6 is 0 Å². The van der Waals surface area contributed by atoms with Crippen LogP contribution in [0.25, 0.3) is 21.9 Å². The van der Waals surface area contributed by atoms with Crippen molar-refractivity contribution < 1.29 is 39.4 Å². The number of carbonyl (C=O) groups is 1. The standard InChI is InChI=1S/C20H16O8/c1-26-14-6-10-9(5-12(14)21)16(17-11(18(10)23)7-28-20(17)25)8-3-13(22)19(24)15(4-8)27-2/h3-6,21-24H,7H2,1-2H3. The fraction of sp³-hybridized carbons (Fsp3) is 0.150. The number of benzene rings is 3. The van der Waals surface area contributed by atoms with Gasteiger partial charge in [0.15, 0.2) is 23.0 Å². The van der Waals surface area contributed by atoms with Crippen LogP contribution in [-0.4, -0.2) is 40.6 Å². The van der Waals surface area contributed by atoms with E-state index in [2.05, 4.69) is 0 Å². The van der Waals surface area contributed by atoms with E-state index in [0.29, 0.717) is 21.9 Å². The fourth-order valence-electron chi connectivity index (χ4n) is 3.47. The maximum absolute atomic E-state index is 12.4. The highest BCUT2D eigenvalue weighted by molar-refractivity contribution is 6.13. The second-order valence-electron chi connectivity index (χ2n) is 6.27. The number of hydrogen-bond donors (Lipinski definition) is 4. The molecule has 8 heteroatoms. The lowest BCUT2D eigenvalue weighted by Crippen LogP contribution is -2.00. The topological polar surface area (TPSA) is 126 Å². The Balaban J connectivity index is 2.18. The van der Waals surface area contributed by atoms with E-state index < -0.39 is 17.5 Å². The van der Waals surface area contributed by atoms with E-state index in [9.17, 15) is 25.2 Å². The van der Waals surface area contributed by atoms with Crippen molar-refractivity contribution in [3.05, 3.63) is 35.4 Å². The van der Waals surface area contributed by atoms with E-state index in [0.717, 1.165) is 0 Å². The number of phenols is 4. The summed E-state index contributed by atoms with van der Waals surface area (Å²) in [5.41, 5.74) is 1.04. The normalized spacial score (nSPS) is 12.7. The van der Waals surface area contributed by atoms with E-state index >= 15 is 0 Å². The smallest absolute Gasteiger partial charge is 0.339 e. The van der Waals surface area contributed by atoms with Crippen molar-refractivity contribution in [2.45, 2.75) is 6.61 Å². The van der Waals surface area contributed by atoms with Gasteiger partial charge in [0.1, 0.15) is 12.4 Å². The first-order valence-electron chi connectivity index (χ1n) is 8.23. The third-order valence-corrected chi connectivity index (χ3v) is 4.80. The van der Waals surface area contributed by atoms with Crippen molar-refractivity contribution in [2.24, 2.45) is 0 Å². The lowest BCUT2D eigenvalue weighted by molar-refractivity contribution is 0.0535. The second-order valence-corrected chi connectivity index (χ2v) is 6.27. The van der Waals surface area contributed by atoms with Crippen molar-refractivity contribution >= 4 is 16.7 Å². The first kappa shape index (κ1) is 17.6. The number of methoxy groups -OCH3 is 2. The molecular weight excluding hydrogens is 368 g/mol. The quantitative estimate of drug-likeness (QED) is 0.401. The first-order valence-corrected chi connectivity index (χ1v) is 8.23. The summed E-state index contributed by atoms with van der Waals surface area (Å²) in [5.74, 6) is -1.76. The van der Waals surface area contributed by atoms with Gasteiger partial charge >= 0.3 is 5.97 Å². The molecule has 3 aromatic carbocycles. The van der Waals surface area contributed by atoms with Gasteiger partial charge in [-0.05, 0) is 35.2 Å². The number of fused-ring (bicyclic) bond motifs is 2. The van der Waals surface area contributed by atoms with Crippen LogP contribution in [0, 0.1) is 0 Å². The van der Waals surface area contributed by atoms with Crippen molar-refractivity contribution in [3.8, 4) is 45.6 Å². The van der Waals surface area contributed by atoms with Gasteiger partial charge in [0, 0.05) is 16.5 Å². The molecule has 0 bridgehead atoms. The van der Waals surface area contributed by atoms with Gasteiger partial charge in [-0.1, -0.05) is 0 Å². The maximum atomic E-state index is 12.4. The number of cyclic esters (lactones) is 1. The summed E-state index contributed by atoms with van der Waals surface area (Å²) in [6.07, 6.45) is 0. The Morgan fingerprint density at radius 1 is 0.821 bits per heavy atom. The average Bonchev–Trinajstić information content (AvgIpc) is 3.06. The number of aromatic hydroxyl groups is 4. The van der Waals surface area contributed by atoms with Crippen LogP contribution in [0.5, 0.6) is 34.5 Å². The van der Waals surface area contributed by atoms with Crippen LogP contribution < -0.4 is 9.47 Å². The Hall–Kier alpha value is -3.81. The molecule has 8 nitrogen and oxygen atoms in total. The largest absolute Gasteiger partial charge is 0.507 e. The van der Waals surface area contributed by atoms with E-state index in [4.69, 9.17) is 14.2 Å². The zero-order valence-electron chi connectivity index (χ0n) is 14.9. The highest BCUT2D eigenvalue weighted by Crippen LogP contribution is 2.49. The maximum Gasteiger partial charge on any atom is 0.339 e. The molecule has 0 fully saturated rings. The number of hydrogen-bond acceptors (Lipinski definition) is 8. The molecule has 0 spiro atoms. The fourth-order valence-corrected chi connectivity index (χ4v) is 3.47. The molecule has 4 N–H and O–H groups in total. The van der Waals surface area contributed by atoms with Crippen LogP contribution in [0.3, 0.4) is 0 Å². The summed E-state index contributed by atoms with van der Waals surface area (Å²) in [6, 6.07) is 5.50. The SMILES string of the molecule is COc1cc2c(O)c3c(c(-c4cc(O)c(O)c(OC)c4)c2cc1O)C(=O)OC3. The molecule has 1 aliphatic heterocycles. The summed E-state index contributed by atoms with van der Waals surface area (Å²) in [6.45, 7) is -0.118. The summed E-state index contributed by atoms with van der Waals surface area (Å²) >= 11 is 0. The van der Waals surface area contributed by atoms with Crippen molar-refractivity contribution in [1.29, 1.82) is 0 Å². The molecule has 0 radical (unpaired) electrons. The zero-order chi connectivity index (χ0) is 20.2. The van der Waals surface area contributed by atoms with Crippen LogP contribution in [0.2, 0.25) is 0 Å². The van der Waals surface area contributed by atoms with E-state index in [1.54, 1.807) is 0 Å². The van der Waals surface area contributed by atoms with Gasteiger partial charge in [-0.3, -0.25) is 0 Å². The van der Waals surface area contributed by atoms with E-state index in [1.165, 1.54) is 38.5 Å². The summed E-state index contributed by atoms with van der Waals surface area (Å²) in [4.78, 5) is 12.4. The lowest BCUT2D eigenvalue weighted by Gasteiger charge is -2.16. The highest BCUT2D eigenvalue weighted by Gasteiger charge is 2.32. The predicted octanol–water partition coefficient (Wildman–Crippen LogP) is 3.02. The molecule has 0 aromatic heterocycles. The van der Waals surface area contributed by atoms with Crippen LogP contribution in [0.1, 0.15) is 15.9 Å². The molecule has 1 aliphatic rings. The second kappa shape index (κ2) is 6.12. The Morgan fingerprint density at radius 3 is 2.21 bits per heavy atom. The van der Waals surface area contributed by atoms with Crippen molar-refractivity contribution in [3.63, 3.8) is 0 Å². The number of carbonyl (C=O) groups excluding carboxylic acids is 1. The van der Waals surface area contributed by atoms with Crippen LogP contribution in [0.15, 0.2) is 24.3 Å². The van der Waals surface area contributed by atoms with Gasteiger partial charge in [0.25, 0.3) is 0 Å². The first-order chi connectivity index (χ1) is 13.4. The van der Waals surface area contributed by atoms with Gasteiger partial charge in [-0.15, -0.1) is 0 Å². The molecule has 0 unspecified atom stereocenters. The zero-order valence-corrected chi connectivity index (χ0v) is 14.9. The Morgan fingerprint density at radius 2 is 1.54 bits per heavy atom. The Labute approximate surface area is 158 Å². The molecule has 3 aromatic rings. The van der Waals surface area contributed by atoms with E-state index in [-0.39, 0.29) is 40.7 Å². The monoisotopic (exact) mass is 384 g/mol. The molecular formula is C20H16O8. The Bertz CT molecular complexity index is 1150. The van der Waals surface area contributed by atoms with Crippen molar-refractivity contribution in [1.82, 2.24) is 0 Å². The third kappa shape index (κ3) is 2.34. The average molecular weight is 384 g/mol. The van der Waals surface area contributed by atoms with Gasteiger partial charge in [0.2, 0.25) is 5.75 Å². The number of esters is 1. The molecule has 0 amide bonds. The number of phenolic OH excluding ortho intramolecular Hbond substituents is 4. The van der Waals surface area contributed by atoms with Crippen LogP contribution in [0.4, 0.5) is 0 Å². The van der Waals surface area contributed by atoms with Gasteiger partial charge in [0.05, 0.1) is 19.8 Å². The molecule has 0 atom stereocenters. The summed E-state index contributed by atoms with van der Waals surface area (Å²) < 4.78 is 15.3. The molecule has 144 valence electrons. The summed E-state index contributed by atoms with van der Waals surface area (Å²) in [5, 5.41) is 41.6. The van der Waals surface area contributed by atoms with Gasteiger partial charge in [-0.2, -0.15) is 0 Å². The molecule has 0 saturated carbocycles. The highest BCUT2D eigenvalue weighted by atomic mass is 16.5. The minimum Gasteiger partial charge on any atom is -0.507 e. The minimum absolute atomic E-state index is 0.00549. The van der Waals surface area contributed by atoms with Gasteiger partial charge < -0.3 is 34.6 Å². The molecule has 0 saturated heterocycles. The van der Waals surface area contributed by atoms with E-state index in [1.807, 2.05) is 0 Å². The lowest BCUT2D eigenvalue weighted by atomic mass is 9.89. The minimum atomic E-state index is -0.649. The number of rotatable bonds is 3. The molecule has 1 heterocycles. The predicted molar refractivity (Wildman–Crippen MR) is 98.3 cm³/mol. The van der Waals surface area contributed by atoms with Crippen molar-refractivity contribution in [2.75, 3.05) is 14.2 Å². The molecule has 0 aliphatic carbocycles. The van der Waals surface area contributed by atoms with Crippen LogP contribution in [-0.2, 0) is 11.3 Å². The number of ether oxygens (including phenoxy) is 3. The molecule has 4 rings (SSSR count). The summed E-state index contributed by atoms with van der Waals surface area (Å²) in [7, 11) is 2.70.